The molecule has 1 unspecified atom stereocenters. The van der Waals surface area contributed by atoms with E-state index >= 15 is 0 Å². The third-order valence-corrected chi connectivity index (χ3v) is 2.48. The topological polar surface area (TPSA) is 55.5 Å². The molecule has 0 aliphatic heterocycles. The molecule has 1 heterocycles. The van der Waals surface area contributed by atoms with Crippen molar-refractivity contribution in [2.45, 2.75) is 26.6 Å². The molecule has 0 amide bonds. The van der Waals surface area contributed by atoms with Gasteiger partial charge < -0.3 is 14.4 Å². The van der Waals surface area contributed by atoms with Crippen molar-refractivity contribution in [2.24, 2.45) is 0 Å². The standard InChI is InChI=1S/C13H14FNO3/c1-8-5-11(18-15-8)7-17-10-3-4-12(9(2)16)13(14)6-10/h3-6,9,16H,7H2,1-2H3. The van der Waals surface area contributed by atoms with Gasteiger partial charge in [0.1, 0.15) is 18.2 Å². The molecule has 18 heavy (non-hydrogen) atoms. The minimum atomic E-state index is -0.837. The summed E-state index contributed by atoms with van der Waals surface area (Å²) in [6.45, 7) is 3.51. The molecular weight excluding hydrogens is 237 g/mol. The first-order valence-corrected chi connectivity index (χ1v) is 5.59. The third kappa shape index (κ3) is 2.87. The van der Waals surface area contributed by atoms with Gasteiger partial charge in [0.05, 0.1) is 11.8 Å². The van der Waals surface area contributed by atoms with Crippen LogP contribution in [-0.4, -0.2) is 10.3 Å². The van der Waals surface area contributed by atoms with Crippen LogP contribution in [-0.2, 0) is 6.61 Å². The second-order valence-electron chi connectivity index (χ2n) is 4.08. The van der Waals surface area contributed by atoms with Gasteiger partial charge in [-0.05, 0) is 26.0 Å². The van der Waals surface area contributed by atoms with Crippen molar-refractivity contribution in [3.05, 3.63) is 47.1 Å². The predicted octanol–water partition coefficient (Wildman–Crippen LogP) is 2.75. The Morgan fingerprint density at radius 1 is 1.44 bits per heavy atom. The molecule has 2 aromatic rings. The molecule has 1 aromatic heterocycles. The lowest BCUT2D eigenvalue weighted by Gasteiger charge is -2.08. The van der Waals surface area contributed by atoms with E-state index in [1.807, 2.05) is 6.92 Å². The molecule has 0 spiro atoms. The van der Waals surface area contributed by atoms with E-state index < -0.39 is 11.9 Å². The van der Waals surface area contributed by atoms with Crippen LogP contribution in [0.25, 0.3) is 0 Å². The highest BCUT2D eigenvalue weighted by Gasteiger charge is 2.09. The van der Waals surface area contributed by atoms with Crippen LogP contribution in [0.3, 0.4) is 0 Å². The lowest BCUT2D eigenvalue weighted by Crippen LogP contribution is -1.98. The van der Waals surface area contributed by atoms with E-state index in [0.29, 0.717) is 11.5 Å². The van der Waals surface area contributed by atoms with Gasteiger partial charge >= 0.3 is 0 Å². The van der Waals surface area contributed by atoms with Crippen LogP contribution in [0.15, 0.2) is 28.8 Å². The van der Waals surface area contributed by atoms with Crippen molar-refractivity contribution in [3.8, 4) is 5.75 Å². The van der Waals surface area contributed by atoms with Crippen molar-refractivity contribution in [1.82, 2.24) is 5.16 Å². The molecule has 0 radical (unpaired) electrons. The number of hydrogen-bond donors (Lipinski definition) is 1. The van der Waals surface area contributed by atoms with Crippen molar-refractivity contribution in [3.63, 3.8) is 0 Å². The van der Waals surface area contributed by atoms with E-state index in [1.54, 1.807) is 12.1 Å². The highest BCUT2D eigenvalue weighted by atomic mass is 19.1. The number of nitrogens with zero attached hydrogens (tertiary/aromatic N) is 1. The Hall–Kier alpha value is -1.88. The normalized spacial score (nSPS) is 12.4. The summed E-state index contributed by atoms with van der Waals surface area (Å²) in [6, 6.07) is 6.10. The van der Waals surface area contributed by atoms with Crippen LogP contribution in [0.5, 0.6) is 5.75 Å². The first-order chi connectivity index (χ1) is 8.56. The molecule has 0 saturated heterocycles. The van der Waals surface area contributed by atoms with Gasteiger partial charge in [0.25, 0.3) is 0 Å². The highest BCUT2D eigenvalue weighted by molar-refractivity contribution is 5.30. The van der Waals surface area contributed by atoms with Gasteiger partial charge in [-0.2, -0.15) is 0 Å². The molecule has 0 bridgehead atoms. The van der Waals surface area contributed by atoms with Crippen LogP contribution in [0.4, 0.5) is 4.39 Å². The highest BCUT2D eigenvalue weighted by Crippen LogP contribution is 2.22. The number of aliphatic hydroxyl groups is 1. The second-order valence-corrected chi connectivity index (χ2v) is 4.08. The smallest absolute Gasteiger partial charge is 0.174 e. The van der Waals surface area contributed by atoms with E-state index in [9.17, 15) is 9.50 Å². The number of aliphatic hydroxyl groups excluding tert-OH is 1. The molecule has 0 saturated carbocycles. The second kappa shape index (κ2) is 5.18. The lowest BCUT2D eigenvalue weighted by molar-refractivity contribution is 0.193. The van der Waals surface area contributed by atoms with E-state index in [-0.39, 0.29) is 12.2 Å². The van der Waals surface area contributed by atoms with E-state index in [4.69, 9.17) is 9.26 Å². The Bertz CT molecular complexity index is 537. The van der Waals surface area contributed by atoms with Gasteiger partial charge in [0, 0.05) is 17.7 Å². The maximum atomic E-state index is 13.6. The van der Waals surface area contributed by atoms with Crippen LogP contribution < -0.4 is 4.74 Å². The molecule has 1 aromatic carbocycles. The molecule has 1 N–H and O–H groups in total. The van der Waals surface area contributed by atoms with Gasteiger partial charge in [-0.3, -0.25) is 0 Å². The Morgan fingerprint density at radius 2 is 2.22 bits per heavy atom. The van der Waals surface area contributed by atoms with Gasteiger partial charge in [-0.15, -0.1) is 0 Å². The van der Waals surface area contributed by atoms with E-state index in [2.05, 4.69) is 5.16 Å². The zero-order chi connectivity index (χ0) is 13.1. The summed E-state index contributed by atoms with van der Waals surface area (Å²) in [5.74, 6) is 0.467. The van der Waals surface area contributed by atoms with Gasteiger partial charge in [-0.25, -0.2) is 4.39 Å². The SMILES string of the molecule is Cc1cc(COc2ccc(C(C)O)c(F)c2)on1. The van der Waals surface area contributed by atoms with Crippen LogP contribution in [0, 0.1) is 12.7 Å². The monoisotopic (exact) mass is 251 g/mol. The van der Waals surface area contributed by atoms with Crippen molar-refractivity contribution in [1.29, 1.82) is 0 Å². The summed E-state index contributed by atoms with van der Waals surface area (Å²) in [5, 5.41) is 13.0. The Balaban J connectivity index is 2.04. The minimum absolute atomic E-state index is 0.189. The first-order valence-electron chi connectivity index (χ1n) is 5.59. The summed E-state index contributed by atoms with van der Waals surface area (Å²) in [4.78, 5) is 0. The number of benzene rings is 1. The lowest BCUT2D eigenvalue weighted by atomic mass is 10.1. The number of aromatic nitrogens is 1. The van der Waals surface area contributed by atoms with Gasteiger partial charge in [-0.1, -0.05) is 5.16 Å². The fourth-order valence-corrected chi connectivity index (χ4v) is 1.58. The molecule has 0 aliphatic carbocycles. The largest absolute Gasteiger partial charge is 0.485 e. The molecular formula is C13H14FNO3. The summed E-state index contributed by atoms with van der Waals surface area (Å²) in [5.41, 5.74) is 1.02. The number of ether oxygens (including phenoxy) is 1. The Kier molecular flexibility index (Phi) is 3.62. The molecule has 0 aliphatic rings. The average Bonchev–Trinajstić information content (AvgIpc) is 2.72. The minimum Gasteiger partial charge on any atom is -0.485 e. The Morgan fingerprint density at radius 3 is 2.78 bits per heavy atom. The van der Waals surface area contributed by atoms with Crippen molar-refractivity contribution in [2.75, 3.05) is 0 Å². The van der Waals surface area contributed by atoms with Crippen molar-refractivity contribution >= 4 is 0 Å². The van der Waals surface area contributed by atoms with Gasteiger partial charge in [0.15, 0.2) is 5.76 Å². The van der Waals surface area contributed by atoms with Gasteiger partial charge in [0.2, 0.25) is 0 Å². The number of rotatable bonds is 4. The fraction of sp³-hybridized carbons (Fsp3) is 0.308. The average molecular weight is 251 g/mol. The molecule has 96 valence electrons. The van der Waals surface area contributed by atoms with E-state index in [0.717, 1.165) is 5.69 Å². The summed E-state index contributed by atoms with van der Waals surface area (Å²) < 4.78 is 23.9. The van der Waals surface area contributed by atoms with Crippen LogP contribution in [0.2, 0.25) is 0 Å². The number of halogens is 1. The molecule has 0 fully saturated rings. The zero-order valence-electron chi connectivity index (χ0n) is 10.2. The number of aryl methyl sites for hydroxylation is 1. The summed E-state index contributed by atoms with van der Waals surface area (Å²) in [6.07, 6.45) is -0.837. The molecule has 2 rings (SSSR count). The molecule has 4 nitrogen and oxygen atoms in total. The third-order valence-electron chi connectivity index (χ3n) is 2.48. The maximum Gasteiger partial charge on any atom is 0.174 e. The summed E-state index contributed by atoms with van der Waals surface area (Å²) in [7, 11) is 0. The predicted molar refractivity (Wildman–Crippen MR) is 62.6 cm³/mol. The quantitative estimate of drug-likeness (QED) is 0.907. The first kappa shape index (κ1) is 12.6. The zero-order valence-corrected chi connectivity index (χ0v) is 10.2. The maximum absolute atomic E-state index is 13.6. The molecule has 1 atom stereocenters. The van der Waals surface area contributed by atoms with Crippen molar-refractivity contribution < 1.29 is 18.8 Å². The fourth-order valence-electron chi connectivity index (χ4n) is 1.58. The van der Waals surface area contributed by atoms with E-state index in [1.165, 1.54) is 19.1 Å². The summed E-state index contributed by atoms with van der Waals surface area (Å²) >= 11 is 0. The van der Waals surface area contributed by atoms with Crippen LogP contribution in [0.1, 0.15) is 30.0 Å². The Labute approximate surface area is 104 Å². The molecule has 5 heteroatoms. The number of hydrogen-bond acceptors (Lipinski definition) is 4. The van der Waals surface area contributed by atoms with Crippen LogP contribution >= 0.6 is 0 Å².